The van der Waals surface area contributed by atoms with E-state index in [4.69, 9.17) is 0 Å². The van der Waals surface area contributed by atoms with Crippen LogP contribution in [0.4, 0.5) is 4.39 Å². The van der Waals surface area contributed by atoms with E-state index in [9.17, 15) is 14.0 Å². The molecule has 1 saturated heterocycles. The highest BCUT2D eigenvalue weighted by Crippen LogP contribution is 2.08. The maximum atomic E-state index is 13.1. The van der Waals surface area contributed by atoms with E-state index in [-0.39, 0.29) is 30.2 Å². The number of carbonyl (C=O) groups is 2. The summed E-state index contributed by atoms with van der Waals surface area (Å²) in [5.74, 6) is -0.963. The fourth-order valence-electron chi connectivity index (χ4n) is 1.72. The van der Waals surface area contributed by atoms with Crippen LogP contribution in [0.15, 0.2) is 18.2 Å². The zero-order valence-electron chi connectivity index (χ0n) is 10.6. The fraction of sp³-hybridized carbons (Fsp3) is 0.385. The van der Waals surface area contributed by atoms with Gasteiger partial charge in [-0.3, -0.25) is 9.59 Å². The number of hydrogen-bond donors (Lipinski definition) is 3. The maximum Gasteiger partial charge on any atom is 0.251 e. The number of amides is 2. The van der Waals surface area contributed by atoms with Gasteiger partial charge >= 0.3 is 0 Å². The van der Waals surface area contributed by atoms with Crippen LogP contribution in [0, 0.1) is 12.7 Å². The number of nitrogens with one attached hydrogen (secondary N) is 3. The summed E-state index contributed by atoms with van der Waals surface area (Å²) < 4.78 is 13.1. The maximum absolute atomic E-state index is 13.1. The van der Waals surface area contributed by atoms with Crippen molar-refractivity contribution in [2.75, 3.05) is 19.6 Å². The van der Waals surface area contributed by atoms with Crippen LogP contribution in [0.25, 0.3) is 0 Å². The third-order valence-corrected chi connectivity index (χ3v) is 2.98. The third kappa shape index (κ3) is 3.51. The second-order valence-corrected chi connectivity index (χ2v) is 4.57. The number of rotatable bonds is 4. The Morgan fingerprint density at radius 1 is 1.42 bits per heavy atom. The zero-order chi connectivity index (χ0) is 13.8. The first-order valence-corrected chi connectivity index (χ1v) is 6.10. The lowest BCUT2D eigenvalue weighted by molar-refractivity contribution is -0.121. The Kier molecular flexibility index (Phi) is 4.11. The quantitative estimate of drug-likeness (QED) is 0.715. The molecule has 0 aromatic heterocycles. The predicted octanol–water partition coefficient (Wildman–Crippen LogP) is -0.0481. The molecular formula is C13H16FN3O2. The SMILES string of the molecule is Cc1cc(C(=O)NCC(=O)NC2CNC2)ccc1F. The van der Waals surface area contributed by atoms with Crippen molar-refractivity contribution in [3.63, 3.8) is 0 Å². The summed E-state index contributed by atoms with van der Waals surface area (Å²) in [5, 5.41) is 8.30. The van der Waals surface area contributed by atoms with Crippen LogP contribution >= 0.6 is 0 Å². The van der Waals surface area contributed by atoms with E-state index in [1.807, 2.05) is 0 Å². The average molecular weight is 265 g/mol. The Balaban J connectivity index is 1.82. The number of halogens is 1. The van der Waals surface area contributed by atoms with Gasteiger partial charge in [0.1, 0.15) is 5.82 Å². The molecule has 2 rings (SSSR count). The van der Waals surface area contributed by atoms with Crippen LogP contribution in [0.1, 0.15) is 15.9 Å². The van der Waals surface area contributed by atoms with Crippen LogP contribution in [-0.2, 0) is 4.79 Å². The molecule has 2 amide bonds. The summed E-state index contributed by atoms with van der Waals surface area (Å²) in [6, 6.07) is 4.24. The van der Waals surface area contributed by atoms with Gasteiger partial charge in [-0.1, -0.05) is 0 Å². The number of aryl methyl sites for hydroxylation is 1. The Hall–Kier alpha value is -1.95. The van der Waals surface area contributed by atoms with E-state index < -0.39 is 0 Å². The van der Waals surface area contributed by atoms with E-state index in [2.05, 4.69) is 16.0 Å². The van der Waals surface area contributed by atoms with Crippen molar-refractivity contribution in [3.05, 3.63) is 35.1 Å². The molecule has 0 radical (unpaired) electrons. The molecule has 0 aliphatic carbocycles. The van der Waals surface area contributed by atoms with Crippen molar-refractivity contribution in [1.29, 1.82) is 0 Å². The lowest BCUT2D eigenvalue weighted by Gasteiger charge is -2.27. The average Bonchev–Trinajstić information content (AvgIpc) is 2.34. The van der Waals surface area contributed by atoms with Gasteiger partial charge in [0.25, 0.3) is 5.91 Å². The predicted molar refractivity (Wildman–Crippen MR) is 68.3 cm³/mol. The van der Waals surface area contributed by atoms with Gasteiger partial charge < -0.3 is 16.0 Å². The van der Waals surface area contributed by atoms with Gasteiger partial charge in [0, 0.05) is 18.7 Å². The van der Waals surface area contributed by atoms with Crippen LogP contribution in [0.3, 0.4) is 0 Å². The molecule has 0 saturated carbocycles. The molecule has 19 heavy (non-hydrogen) atoms. The number of hydrogen-bond acceptors (Lipinski definition) is 3. The first kappa shape index (κ1) is 13.5. The molecule has 1 fully saturated rings. The Bertz CT molecular complexity index is 501. The molecule has 1 aliphatic heterocycles. The smallest absolute Gasteiger partial charge is 0.251 e. The van der Waals surface area contributed by atoms with Gasteiger partial charge in [-0.25, -0.2) is 4.39 Å². The van der Waals surface area contributed by atoms with Crippen molar-refractivity contribution in [2.24, 2.45) is 0 Å². The first-order chi connectivity index (χ1) is 9.06. The van der Waals surface area contributed by atoms with Gasteiger partial charge in [-0.15, -0.1) is 0 Å². The summed E-state index contributed by atoms with van der Waals surface area (Å²) in [5.41, 5.74) is 0.745. The van der Waals surface area contributed by atoms with Gasteiger partial charge in [-0.05, 0) is 30.7 Å². The number of carbonyl (C=O) groups excluding carboxylic acids is 2. The van der Waals surface area contributed by atoms with Gasteiger partial charge in [0.05, 0.1) is 12.6 Å². The van der Waals surface area contributed by atoms with Gasteiger partial charge in [-0.2, -0.15) is 0 Å². The van der Waals surface area contributed by atoms with E-state index in [0.29, 0.717) is 11.1 Å². The summed E-state index contributed by atoms with van der Waals surface area (Å²) in [6.07, 6.45) is 0. The minimum absolute atomic E-state index is 0.0776. The lowest BCUT2D eigenvalue weighted by atomic mass is 10.1. The van der Waals surface area contributed by atoms with E-state index in [1.165, 1.54) is 18.2 Å². The largest absolute Gasteiger partial charge is 0.349 e. The molecule has 0 bridgehead atoms. The molecule has 3 N–H and O–H groups in total. The monoisotopic (exact) mass is 265 g/mol. The van der Waals surface area contributed by atoms with Crippen molar-refractivity contribution in [1.82, 2.24) is 16.0 Å². The minimum atomic E-state index is -0.384. The third-order valence-electron chi connectivity index (χ3n) is 2.98. The van der Waals surface area contributed by atoms with Gasteiger partial charge in [0.15, 0.2) is 0 Å². The Morgan fingerprint density at radius 3 is 2.74 bits per heavy atom. The van der Waals surface area contributed by atoms with Crippen molar-refractivity contribution < 1.29 is 14.0 Å². The van der Waals surface area contributed by atoms with Crippen molar-refractivity contribution >= 4 is 11.8 Å². The fourth-order valence-corrected chi connectivity index (χ4v) is 1.72. The molecule has 0 unspecified atom stereocenters. The topological polar surface area (TPSA) is 70.2 Å². The summed E-state index contributed by atoms with van der Waals surface area (Å²) in [7, 11) is 0. The molecule has 1 aromatic carbocycles. The molecule has 1 aromatic rings. The van der Waals surface area contributed by atoms with Crippen LogP contribution in [0.5, 0.6) is 0 Å². The molecule has 5 nitrogen and oxygen atoms in total. The Morgan fingerprint density at radius 2 is 2.16 bits per heavy atom. The van der Waals surface area contributed by atoms with Crippen molar-refractivity contribution in [3.8, 4) is 0 Å². The van der Waals surface area contributed by atoms with E-state index in [1.54, 1.807) is 6.92 Å². The lowest BCUT2D eigenvalue weighted by Crippen LogP contribution is -2.58. The summed E-state index contributed by atoms with van der Waals surface area (Å²) in [4.78, 5) is 23.2. The van der Waals surface area contributed by atoms with Crippen LogP contribution in [0.2, 0.25) is 0 Å². The standard InChI is InChI=1S/C13H16FN3O2/c1-8-4-9(2-3-11(8)14)13(19)16-7-12(18)17-10-5-15-6-10/h2-4,10,15H,5-7H2,1H3,(H,16,19)(H,17,18). The summed E-state index contributed by atoms with van der Waals surface area (Å²) >= 11 is 0. The molecular weight excluding hydrogens is 249 g/mol. The highest BCUT2D eigenvalue weighted by atomic mass is 19.1. The second kappa shape index (κ2) is 5.79. The van der Waals surface area contributed by atoms with E-state index >= 15 is 0 Å². The summed E-state index contributed by atoms with van der Waals surface area (Å²) in [6.45, 7) is 3.03. The molecule has 6 heteroatoms. The highest BCUT2D eigenvalue weighted by Gasteiger charge is 2.18. The first-order valence-electron chi connectivity index (χ1n) is 6.10. The van der Waals surface area contributed by atoms with E-state index in [0.717, 1.165) is 13.1 Å². The zero-order valence-corrected chi connectivity index (χ0v) is 10.6. The molecule has 0 spiro atoms. The van der Waals surface area contributed by atoms with Crippen LogP contribution in [-0.4, -0.2) is 37.5 Å². The second-order valence-electron chi connectivity index (χ2n) is 4.57. The Labute approximate surface area is 110 Å². The minimum Gasteiger partial charge on any atom is -0.349 e. The van der Waals surface area contributed by atoms with Crippen LogP contribution < -0.4 is 16.0 Å². The molecule has 1 aliphatic rings. The number of benzene rings is 1. The van der Waals surface area contributed by atoms with Crippen molar-refractivity contribution in [2.45, 2.75) is 13.0 Å². The molecule has 1 heterocycles. The molecule has 102 valence electrons. The molecule has 0 atom stereocenters. The van der Waals surface area contributed by atoms with Gasteiger partial charge in [0.2, 0.25) is 5.91 Å². The highest BCUT2D eigenvalue weighted by molar-refractivity contribution is 5.96. The normalized spacial score (nSPS) is 14.6.